The first-order chi connectivity index (χ1) is 9.99. The highest BCUT2D eigenvalue weighted by Gasteiger charge is 2.43. The average molecular weight is 293 g/mol. The number of amides is 1. The van der Waals surface area contributed by atoms with E-state index in [1.54, 1.807) is 7.05 Å². The van der Waals surface area contributed by atoms with Gasteiger partial charge in [0.2, 0.25) is 5.91 Å². The van der Waals surface area contributed by atoms with Gasteiger partial charge in [-0.2, -0.15) is 0 Å². The molecular formula is C17H31N3O. The molecule has 120 valence electrons. The summed E-state index contributed by atoms with van der Waals surface area (Å²) in [7, 11) is 1.73. The number of hydrogen-bond donors (Lipinski definition) is 1. The molecule has 1 saturated heterocycles. The monoisotopic (exact) mass is 293 g/mol. The topological polar surface area (TPSA) is 35.6 Å². The number of nitrogens with one attached hydrogen (secondary N) is 1. The third kappa shape index (κ3) is 3.11. The summed E-state index contributed by atoms with van der Waals surface area (Å²) in [6, 6.07) is 0.873. The van der Waals surface area contributed by atoms with Crippen LogP contribution >= 0.6 is 0 Å². The van der Waals surface area contributed by atoms with Gasteiger partial charge >= 0.3 is 0 Å². The Morgan fingerprint density at radius 2 is 1.86 bits per heavy atom. The van der Waals surface area contributed by atoms with E-state index in [9.17, 15) is 4.79 Å². The smallest absolute Gasteiger partial charge is 0.226 e. The molecule has 4 heteroatoms. The van der Waals surface area contributed by atoms with Gasteiger partial charge in [0, 0.05) is 45.8 Å². The summed E-state index contributed by atoms with van der Waals surface area (Å²) in [5, 5.41) is 2.79. The van der Waals surface area contributed by atoms with Gasteiger partial charge in [-0.3, -0.25) is 14.6 Å². The second-order valence-electron chi connectivity index (χ2n) is 8.02. The summed E-state index contributed by atoms with van der Waals surface area (Å²) in [5.41, 5.74) is -0.288. The summed E-state index contributed by atoms with van der Waals surface area (Å²) in [5.74, 6) is 2.17. The molecule has 0 aromatic rings. The highest BCUT2D eigenvalue weighted by atomic mass is 16.2. The zero-order valence-corrected chi connectivity index (χ0v) is 13.9. The maximum atomic E-state index is 11.9. The Morgan fingerprint density at radius 1 is 1.14 bits per heavy atom. The van der Waals surface area contributed by atoms with E-state index in [1.807, 2.05) is 13.8 Å². The van der Waals surface area contributed by atoms with Crippen LogP contribution < -0.4 is 5.32 Å². The Labute approximate surface area is 129 Å². The van der Waals surface area contributed by atoms with E-state index in [-0.39, 0.29) is 11.3 Å². The lowest BCUT2D eigenvalue weighted by atomic mass is 9.90. The Hall–Kier alpha value is -0.610. The van der Waals surface area contributed by atoms with Crippen molar-refractivity contribution >= 4 is 5.91 Å². The van der Waals surface area contributed by atoms with Crippen LogP contribution in [0.15, 0.2) is 0 Å². The summed E-state index contributed by atoms with van der Waals surface area (Å²) in [4.78, 5) is 17.1. The first-order valence-electron chi connectivity index (χ1n) is 8.68. The molecule has 1 N–H and O–H groups in total. The lowest BCUT2D eigenvalue weighted by Crippen LogP contribution is -2.54. The summed E-state index contributed by atoms with van der Waals surface area (Å²) < 4.78 is 0. The normalized spacial score (nSPS) is 34.3. The van der Waals surface area contributed by atoms with Gasteiger partial charge in [0.25, 0.3) is 0 Å². The lowest BCUT2D eigenvalue weighted by Gasteiger charge is -2.42. The molecule has 1 amide bonds. The van der Waals surface area contributed by atoms with Gasteiger partial charge in [-0.1, -0.05) is 6.42 Å². The summed E-state index contributed by atoms with van der Waals surface area (Å²) in [6.07, 6.45) is 5.91. The molecule has 1 heterocycles. The number of piperazine rings is 1. The van der Waals surface area contributed by atoms with E-state index in [4.69, 9.17) is 0 Å². The van der Waals surface area contributed by atoms with Crippen molar-refractivity contribution in [2.24, 2.45) is 17.3 Å². The van der Waals surface area contributed by atoms with E-state index in [0.29, 0.717) is 0 Å². The van der Waals surface area contributed by atoms with Crippen LogP contribution in [0.2, 0.25) is 0 Å². The van der Waals surface area contributed by atoms with Gasteiger partial charge in [-0.15, -0.1) is 0 Å². The van der Waals surface area contributed by atoms with Crippen LogP contribution in [0.25, 0.3) is 0 Å². The molecule has 0 radical (unpaired) electrons. The van der Waals surface area contributed by atoms with Crippen LogP contribution in [0.5, 0.6) is 0 Å². The van der Waals surface area contributed by atoms with Gasteiger partial charge < -0.3 is 5.32 Å². The SMILES string of the molecule is CNC(=O)C(C)(C)CN1CCN([C@@H]2C[C@H]3CC[C@H]2C3)CC1. The lowest BCUT2D eigenvalue weighted by molar-refractivity contribution is -0.130. The Morgan fingerprint density at radius 3 is 2.38 bits per heavy atom. The van der Waals surface area contributed by atoms with E-state index in [1.165, 1.54) is 38.8 Å². The number of rotatable bonds is 4. The van der Waals surface area contributed by atoms with Crippen LogP contribution in [0.1, 0.15) is 39.5 Å². The molecule has 3 rings (SSSR count). The van der Waals surface area contributed by atoms with Crippen molar-refractivity contribution in [1.29, 1.82) is 0 Å². The van der Waals surface area contributed by atoms with Gasteiger partial charge in [-0.25, -0.2) is 0 Å². The fourth-order valence-electron chi connectivity index (χ4n) is 4.88. The zero-order valence-electron chi connectivity index (χ0n) is 13.9. The van der Waals surface area contributed by atoms with Crippen molar-refractivity contribution in [2.45, 2.75) is 45.6 Å². The first-order valence-corrected chi connectivity index (χ1v) is 8.68. The van der Waals surface area contributed by atoms with Gasteiger partial charge in [0.1, 0.15) is 0 Å². The minimum Gasteiger partial charge on any atom is -0.359 e. The maximum absolute atomic E-state index is 11.9. The molecule has 21 heavy (non-hydrogen) atoms. The number of hydrogen-bond acceptors (Lipinski definition) is 3. The van der Waals surface area contributed by atoms with Crippen molar-refractivity contribution in [3.05, 3.63) is 0 Å². The largest absolute Gasteiger partial charge is 0.359 e. The Bertz CT molecular complexity index is 387. The van der Waals surface area contributed by atoms with Crippen LogP contribution in [0.4, 0.5) is 0 Å². The predicted octanol–water partition coefficient (Wildman–Crippen LogP) is 1.56. The molecule has 2 saturated carbocycles. The standard InChI is InChI=1S/C17H31N3O/c1-17(2,16(21)18-3)12-19-6-8-20(9-7-19)15-11-13-4-5-14(15)10-13/h13-15H,4-12H2,1-3H3,(H,18,21)/t13-,14-,15+/m0/s1. The Balaban J connectivity index is 1.48. The molecule has 0 aromatic carbocycles. The van der Waals surface area contributed by atoms with Gasteiger partial charge in [0.15, 0.2) is 0 Å². The van der Waals surface area contributed by atoms with E-state index in [2.05, 4.69) is 15.1 Å². The van der Waals surface area contributed by atoms with Gasteiger partial charge in [0.05, 0.1) is 5.41 Å². The second-order valence-corrected chi connectivity index (χ2v) is 8.02. The van der Waals surface area contributed by atoms with E-state index in [0.717, 1.165) is 37.5 Å². The molecule has 0 aromatic heterocycles. The van der Waals surface area contributed by atoms with Crippen LogP contribution in [0, 0.1) is 17.3 Å². The third-order valence-electron chi connectivity index (χ3n) is 6.04. The molecule has 3 atom stereocenters. The molecule has 2 aliphatic carbocycles. The highest BCUT2D eigenvalue weighted by Crippen LogP contribution is 2.46. The van der Waals surface area contributed by atoms with Crippen molar-refractivity contribution in [3.63, 3.8) is 0 Å². The molecule has 1 aliphatic heterocycles. The quantitative estimate of drug-likeness (QED) is 0.854. The molecule has 0 spiro atoms. The second kappa shape index (κ2) is 5.88. The predicted molar refractivity (Wildman–Crippen MR) is 85.1 cm³/mol. The Kier molecular flexibility index (Phi) is 4.28. The molecule has 2 bridgehead atoms. The minimum absolute atomic E-state index is 0.151. The van der Waals surface area contributed by atoms with Crippen molar-refractivity contribution in [1.82, 2.24) is 15.1 Å². The first kappa shape index (κ1) is 15.3. The molecule has 3 fully saturated rings. The van der Waals surface area contributed by atoms with Crippen molar-refractivity contribution < 1.29 is 4.79 Å². The third-order valence-corrected chi connectivity index (χ3v) is 6.04. The maximum Gasteiger partial charge on any atom is 0.226 e. The molecule has 0 unspecified atom stereocenters. The number of nitrogens with zero attached hydrogens (tertiary/aromatic N) is 2. The summed E-state index contributed by atoms with van der Waals surface area (Å²) >= 11 is 0. The number of carbonyl (C=O) groups excluding carboxylic acids is 1. The van der Waals surface area contributed by atoms with Crippen LogP contribution in [-0.4, -0.2) is 61.5 Å². The average Bonchev–Trinajstić information content (AvgIpc) is 3.09. The molecule has 4 nitrogen and oxygen atoms in total. The van der Waals surface area contributed by atoms with Crippen LogP contribution in [0.3, 0.4) is 0 Å². The zero-order chi connectivity index (χ0) is 15.0. The molecular weight excluding hydrogens is 262 g/mol. The number of carbonyl (C=O) groups is 1. The summed E-state index contributed by atoms with van der Waals surface area (Å²) in [6.45, 7) is 9.59. The fraction of sp³-hybridized carbons (Fsp3) is 0.941. The molecule has 3 aliphatic rings. The van der Waals surface area contributed by atoms with Crippen LogP contribution in [-0.2, 0) is 4.79 Å². The van der Waals surface area contributed by atoms with Gasteiger partial charge in [-0.05, 0) is 44.9 Å². The highest BCUT2D eigenvalue weighted by molar-refractivity contribution is 5.81. The number of fused-ring (bicyclic) bond motifs is 2. The minimum atomic E-state index is -0.288. The van der Waals surface area contributed by atoms with Crippen molar-refractivity contribution in [3.8, 4) is 0 Å². The van der Waals surface area contributed by atoms with E-state index >= 15 is 0 Å². The van der Waals surface area contributed by atoms with Crippen molar-refractivity contribution in [2.75, 3.05) is 39.8 Å². The fourth-order valence-corrected chi connectivity index (χ4v) is 4.88. The van der Waals surface area contributed by atoms with E-state index < -0.39 is 0 Å².